The smallest absolute Gasteiger partial charge is 0.254 e. The number of hydrogen-bond donors (Lipinski definition) is 4. The summed E-state index contributed by atoms with van der Waals surface area (Å²) in [5.74, 6) is 1.02. The number of ether oxygens (including phenoxy) is 2. The van der Waals surface area contributed by atoms with Crippen LogP contribution in [0.4, 0.5) is 11.6 Å². The first kappa shape index (κ1) is 27.5. The van der Waals surface area contributed by atoms with E-state index in [2.05, 4.69) is 15.6 Å². The van der Waals surface area contributed by atoms with Crippen LogP contribution in [-0.2, 0) is 0 Å². The predicted molar refractivity (Wildman–Crippen MR) is 158 cm³/mol. The van der Waals surface area contributed by atoms with Crippen LogP contribution in [0.2, 0.25) is 0 Å². The Morgan fingerprint density at radius 2 is 1.79 bits per heavy atom. The van der Waals surface area contributed by atoms with Crippen LogP contribution >= 0.6 is 0 Å². The molecule has 3 heterocycles. The quantitative estimate of drug-likeness (QED) is 0.230. The molecule has 0 spiro atoms. The van der Waals surface area contributed by atoms with Crippen LogP contribution in [0.1, 0.15) is 53.3 Å². The highest BCUT2D eigenvalue weighted by atomic mass is 16.5. The molecule has 0 bridgehead atoms. The molecule has 6 rings (SSSR count). The zero-order valence-corrected chi connectivity index (χ0v) is 23.9. The van der Waals surface area contributed by atoms with Gasteiger partial charge in [-0.2, -0.15) is 9.97 Å². The second kappa shape index (κ2) is 11.0. The van der Waals surface area contributed by atoms with Crippen LogP contribution in [0.15, 0.2) is 48.7 Å². The summed E-state index contributed by atoms with van der Waals surface area (Å²) in [4.78, 5) is 39.1. The van der Waals surface area contributed by atoms with E-state index in [1.54, 1.807) is 49.4 Å². The molecule has 218 valence electrons. The van der Waals surface area contributed by atoms with Crippen LogP contribution < -0.4 is 20.1 Å². The molecule has 1 aliphatic heterocycles. The van der Waals surface area contributed by atoms with E-state index >= 15 is 0 Å². The van der Waals surface area contributed by atoms with E-state index in [1.807, 2.05) is 25.3 Å². The number of aliphatic hydroxyl groups is 1. The number of amides is 2. The van der Waals surface area contributed by atoms with E-state index in [1.165, 1.54) is 0 Å². The molecule has 1 saturated heterocycles. The molecule has 0 unspecified atom stereocenters. The number of anilines is 2. The van der Waals surface area contributed by atoms with Crippen LogP contribution in [0, 0.1) is 0 Å². The van der Waals surface area contributed by atoms with Gasteiger partial charge in [0.15, 0.2) is 0 Å². The third-order valence-electron chi connectivity index (χ3n) is 7.90. The van der Waals surface area contributed by atoms with Gasteiger partial charge in [0, 0.05) is 43.0 Å². The van der Waals surface area contributed by atoms with Gasteiger partial charge in [0.2, 0.25) is 11.8 Å². The minimum atomic E-state index is -0.694. The normalized spacial score (nSPS) is 19.8. The number of hydrogen-bond acceptors (Lipinski definition) is 8. The Hall–Kier alpha value is -4.64. The van der Waals surface area contributed by atoms with Gasteiger partial charge in [-0.25, -0.2) is 0 Å². The van der Waals surface area contributed by atoms with Gasteiger partial charge < -0.3 is 35.1 Å². The van der Waals surface area contributed by atoms with Crippen LogP contribution in [0.25, 0.3) is 22.2 Å². The van der Waals surface area contributed by atoms with Gasteiger partial charge in [-0.05, 0) is 68.5 Å². The van der Waals surface area contributed by atoms with Gasteiger partial charge in [0.25, 0.3) is 11.8 Å². The van der Waals surface area contributed by atoms with E-state index in [-0.39, 0.29) is 17.9 Å². The van der Waals surface area contributed by atoms with Gasteiger partial charge in [0.05, 0.1) is 23.8 Å². The third-order valence-corrected chi connectivity index (χ3v) is 7.90. The summed E-state index contributed by atoms with van der Waals surface area (Å²) in [6, 6.07) is 12.6. The van der Waals surface area contributed by atoms with Gasteiger partial charge in [-0.3, -0.25) is 9.59 Å². The van der Waals surface area contributed by atoms with Gasteiger partial charge in [-0.1, -0.05) is 12.1 Å². The van der Waals surface area contributed by atoms with Crippen molar-refractivity contribution in [1.29, 1.82) is 0 Å². The molecule has 0 atom stereocenters. The van der Waals surface area contributed by atoms with Crippen molar-refractivity contribution in [3.05, 3.63) is 59.8 Å². The van der Waals surface area contributed by atoms with E-state index in [4.69, 9.17) is 19.4 Å². The number of aromatic nitrogens is 3. The molecule has 1 saturated carbocycles. The lowest BCUT2D eigenvalue weighted by atomic mass is 9.85. The van der Waals surface area contributed by atoms with Crippen molar-refractivity contribution in [1.82, 2.24) is 25.2 Å². The van der Waals surface area contributed by atoms with Gasteiger partial charge >= 0.3 is 0 Å². The summed E-state index contributed by atoms with van der Waals surface area (Å²) < 4.78 is 12.1. The Bertz CT molecular complexity index is 1630. The Balaban J connectivity index is 1.36. The summed E-state index contributed by atoms with van der Waals surface area (Å²) in [7, 11) is 3.15. The van der Waals surface area contributed by atoms with Crippen LogP contribution in [0.3, 0.4) is 0 Å². The fourth-order valence-corrected chi connectivity index (χ4v) is 5.29. The first-order valence-corrected chi connectivity index (χ1v) is 14.1. The van der Waals surface area contributed by atoms with Gasteiger partial charge in [0.1, 0.15) is 17.5 Å². The fourth-order valence-electron chi connectivity index (χ4n) is 5.29. The zero-order valence-electron chi connectivity index (χ0n) is 23.9. The maximum atomic E-state index is 12.5. The number of fused-ring (bicyclic) bond motifs is 1. The molecule has 4 aromatic rings. The van der Waals surface area contributed by atoms with Crippen molar-refractivity contribution in [3.63, 3.8) is 0 Å². The highest BCUT2D eigenvalue weighted by molar-refractivity contribution is 5.99. The molecule has 2 aromatic carbocycles. The molecule has 2 fully saturated rings. The Morgan fingerprint density at radius 3 is 2.45 bits per heavy atom. The Morgan fingerprint density at radius 1 is 1.07 bits per heavy atom. The molecule has 4 N–H and O–H groups in total. The summed E-state index contributed by atoms with van der Waals surface area (Å²) in [6.45, 7) is 3.40. The first-order valence-electron chi connectivity index (χ1n) is 14.1. The lowest BCUT2D eigenvalue weighted by molar-refractivity contribution is -0.0114. The average Bonchev–Trinajstić information content (AvgIpc) is 3.76. The van der Waals surface area contributed by atoms with E-state index in [0.717, 1.165) is 29.6 Å². The third kappa shape index (κ3) is 5.60. The molecule has 2 aliphatic rings. The van der Waals surface area contributed by atoms with Crippen molar-refractivity contribution in [2.24, 2.45) is 0 Å². The molecular formula is C31H34N6O5. The van der Waals surface area contributed by atoms with Crippen molar-refractivity contribution < 1.29 is 24.2 Å². The van der Waals surface area contributed by atoms with Crippen LogP contribution in [0.5, 0.6) is 11.6 Å². The Labute approximate surface area is 243 Å². The van der Waals surface area contributed by atoms with Crippen LogP contribution in [-0.4, -0.2) is 75.7 Å². The predicted octanol–water partition coefficient (Wildman–Crippen LogP) is 4.26. The average molecular weight is 571 g/mol. The SMILES string of the molecule is CNC(=O)c1ccc(-c2c[nH]c3nc(Nc4ccc(C(=O)N5CC5)cc4OC)nc(OC4CCC(C)(O)CC4)c23)cc1. The molecule has 2 aromatic heterocycles. The second-order valence-corrected chi connectivity index (χ2v) is 11.1. The molecule has 0 radical (unpaired) electrons. The number of carbonyl (C=O) groups excluding carboxylic acids is 2. The van der Waals surface area contributed by atoms with Crippen molar-refractivity contribution in [2.75, 3.05) is 32.6 Å². The fraction of sp³-hybridized carbons (Fsp3) is 0.355. The van der Waals surface area contributed by atoms with Crippen molar-refractivity contribution >= 4 is 34.5 Å². The minimum absolute atomic E-state index is 0.0260. The number of H-pyrrole nitrogens is 1. The standard InChI is InChI=1S/C31H34N6O5/c1-31(40)12-10-21(11-13-31)42-28-25-22(18-4-6-19(7-5-18)27(38)32-2)17-33-26(25)35-30(36-28)34-23-9-8-20(16-24(23)41-3)29(39)37-14-15-37/h4-9,16-17,21,40H,10-15H2,1-3H3,(H,32,38)(H2,33,34,35,36). The lowest BCUT2D eigenvalue weighted by Gasteiger charge is -2.33. The molecule has 42 heavy (non-hydrogen) atoms. The molecule has 1 aliphatic carbocycles. The topological polar surface area (TPSA) is 141 Å². The maximum Gasteiger partial charge on any atom is 0.254 e. The number of methoxy groups -OCH3 is 1. The monoisotopic (exact) mass is 570 g/mol. The second-order valence-electron chi connectivity index (χ2n) is 11.1. The number of nitrogens with one attached hydrogen (secondary N) is 3. The number of carbonyl (C=O) groups is 2. The number of aromatic amines is 1. The maximum absolute atomic E-state index is 12.5. The molecular weight excluding hydrogens is 536 g/mol. The highest BCUT2D eigenvalue weighted by Crippen LogP contribution is 2.38. The molecule has 2 amide bonds. The molecule has 11 heteroatoms. The summed E-state index contributed by atoms with van der Waals surface area (Å²) in [5, 5.41) is 17.0. The van der Waals surface area contributed by atoms with E-state index in [0.29, 0.717) is 65.7 Å². The van der Waals surface area contributed by atoms with E-state index in [9.17, 15) is 14.7 Å². The largest absolute Gasteiger partial charge is 0.495 e. The zero-order chi connectivity index (χ0) is 29.4. The summed E-state index contributed by atoms with van der Waals surface area (Å²) >= 11 is 0. The highest BCUT2D eigenvalue weighted by Gasteiger charge is 2.31. The van der Waals surface area contributed by atoms with E-state index < -0.39 is 5.60 Å². The van der Waals surface area contributed by atoms with Crippen molar-refractivity contribution in [2.45, 2.75) is 44.3 Å². The number of benzene rings is 2. The van der Waals surface area contributed by atoms with Gasteiger partial charge in [-0.15, -0.1) is 0 Å². The summed E-state index contributed by atoms with van der Waals surface area (Å²) in [6.07, 6.45) is 4.40. The first-order chi connectivity index (χ1) is 20.2. The number of nitrogens with zero attached hydrogens (tertiary/aromatic N) is 3. The van der Waals surface area contributed by atoms with Crippen molar-refractivity contribution in [3.8, 4) is 22.8 Å². The lowest BCUT2D eigenvalue weighted by Crippen LogP contribution is -2.35. The Kier molecular flexibility index (Phi) is 7.19. The minimum Gasteiger partial charge on any atom is -0.495 e. The summed E-state index contributed by atoms with van der Waals surface area (Å²) in [5.41, 5.74) is 3.32. The molecule has 11 nitrogen and oxygen atoms in total. The number of rotatable bonds is 8.